The Hall–Kier alpha value is -6.66. The minimum Gasteiger partial charge on any atom is -0.497 e. The lowest BCUT2D eigenvalue weighted by atomic mass is 10.0. The van der Waals surface area contributed by atoms with E-state index in [4.69, 9.17) is 18.9 Å². The molecule has 0 bridgehead atoms. The SMILES string of the molecule is CCOC(=O)c1cccc2c1[nH]c(=O)n2C(CS(C)(=O)=O)c1ccc(OC)c(OCCc2ccc(-c3ccc4c(c3)[nH]c(=O)n4C(CS(C)(=O)=O)c3ccc(OC)cc3)c(F)c2)c1. The highest BCUT2D eigenvalue weighted by Gasteiger charge is 2.27. The Morgan fingerprint density at radius 3 is 2.05 bits per heavy atom. The fraction of sp³-hybridized carbons (Fsp3) is 0.267. The van der Waals surface area contributed by atoms with Crippen LogP contribution in [0, 0.1) is 5.82 Å². The van der Waals surface area contributed by atoms with Gasteiger partial charge in [0.15, 0.2) is 11.5 Å². The molecule has 2 unspecified atom stereocenters. The largest absolute Gasteiger partial charge is 0.497 e. The van der Waals surface area contributed by atoms with Gasteiger partial charge in [0.1, 0.15) is 31.2 Å². The van der Waals surface area contributed by atoms with Crippen molar-refractivity contribution in [3.05, 3.63) is 146 Å². The second kappa shape index (κ2) is 18.0. The van der Waals surface area contributed by atoms with Gasteiger partial charge in [-0.15, -0.1) is 0 Å². The maximum atomic E-state index is 15.8. The third-order valence-electron chi connectivity index (χ3n) is 10.6. The van der Waals surface area contributed by atoms with Gasteiger partial charge in [-0.3, -0.25) is 9.13 Å². The third-order valence-corrected chi connectivity index (χ3v) is 12.4. The minimum absolute atomic E-state index is 0.0643. The molecule has 18 heteroatoms. The van der Waals surface area contributed by atoms with Gasteiger partial charge in [-0.25, -0.2) is 35.6 Å². The van der Waals surface area contributed by atoms with Crippen LogP contribution in [0.15, 0.2) is 107 Å². The zero-order valence-corrected chi connectivity index (χ0v) is 36.6. The summed E-state index contributed by atoms with van der Waals surface area (Å²) in [6, 6.07) is 24.2. The van der Waals surface area contributed by atoms with Crippen molar-refractivity contribution in [2.24, 2.45) is 0 Å². The second-order valence-corrected chi connectivity index (χ2v) is 19.4. The molecule has 7 rings (SSSR count). The normalized spacial score (nSPS) is 12.9. The van der Waals surface area contributed by atoms with E-state index < -0.39 is 60.7 Å². The quantitative estimate of drug-likeness (QED) is 0.104. The molecular weight excluding hydrogens is 856 g/mol. The zero-order valence-electron chi connectivity index (χ0n) is 35.0. The number of ether oxygens (including phenoxy) is 4. The molecule has 0 radical (unpaired) electrons. The summed E-state index contributed by atoms with van der Waals surface area (Å²) in [6.07, 6.45) is 2.43. The number of imidazole rings is 2. The van der Waals surface area contributed by atoms with E-state index in [1.165, 1.54) is 35.5 Å². The van der Waals surface area contributed by atoms with Crippen LogP contribution in [-0.2, 0) is 30.8 Å². The van der Waals surface area contributed by atoms with Gasteiger partial charge in [-0.1, -0.05) is 42.5 Å². The van der Waals surface area contributed by atoms with Gasteiger partial charge in [0.05, 0.1) is 78.7 Å². The molecule has 5 aromatic carbocycles. The topological polar surface area (TPSA) is 198 Å². The summed E-state index contributed by atoms with van der Waals surface area (Å²) < 4.78 is 91.2. The van der Waals surface area contributed by atoms with Crippen molar-refractivity contribution in [3.63, 3.8) is 0 Å². The average molecular weight is 901 g/mol. The van der Waals surface area contributed by atoms with Crippen LogP contribution in [0.1, 0.15) is 46.1 Å². The van der Waals surface area contributed by atoms with Crippen LogP contribution in [0.2, 0.25) is 0 Å². The summed E-state index contributed by atoms with van der Waals surface area (Å²) >= 11 is 0. The van der Waals surface area contributed by atoms with Gasteiger partial charge in [0.25, 0.3) is 0 Å². The number of carbonyl (C=O) groups excluding carboxylic acids is 1. The summed E-state index contributed by atoms with van der Waals surface area (Å²) in [5, 5.41) is 0. The van der Waals surface area contributed by atoms with Crippen molar-refractivity contribution < 1.29 is 45.0 Å². The molecule has 0 aliphatic heterocycles. The fourth-order valence-electron chi connectivity index (χ4n) is 7.72. The molecule has 15 nitrogen and oxygen atoms in total. The van der Waals surface area contributed by atoms with Crippen LogP contribution < -0.4 is 25.6 Å². The van der Waals surface area contributed by atoms with E-state index in [2.05, 4.69) is 9.97 Å². The number of nitrogens with one attached hydrogen (secondary N) is 2. The monoisotopic (exact) mass is 900 g/mol. The number of aromatic amines is 2. The number of benzene rings is 5. The number of hydrogen-bond donors (Lipinski definition) is 2. The first kappa shape index (κ1) is 44.4. The van der Waals surface area contributed by atoms with Crippen LogP contribution >= 0.6 is 0 Å². The molecule has 330 valence electrons. The molecule has 7 aromatic rings. The summed E-state index contributed by atoms with van der Waals surface area (Å²) in [4.78, 5) is 45.1. The van der Waals surface area contributed by atoms with Crippen molar-refractivity contribution in [1.82, 2.24) is 19.1 Å². The zero-order chi connectivity index (χ0) is 45.2. The maximum absolute atomic E-state index is 15.8. The molecule has 2 heterocycles. The lowest BCUT2D eigenvalue weighted by Crippen LogP contribution is -2.28. The number of halogens is 1. The van der Waals surface area contributed by atoms with Crippen LogP contribution in [0.3, 0.4) is 0 Å². The summed E-state index contributed by atoms with van der Waals surface area (Å²) in [7, 11) is -4.24. The van der Waals surface area contributed by atoms with Crippen LogP contribution in [0.4, 0.5) is 4.39 Å². The Morgan fingerprint density at radius 2 is 1.40 bits per heavy atom. The van der Waals surface area contributed by atoms with E-state index >= 15 is 4.39 Å². The molecule has 2 atom stereocenters. The fourth-order valence-corrected chi connectivity index (χ4v) is 9.56. The molecule has 2 aromatic heterocycles. The van der Waals surface area contributed by atoms with Gasteiger partial charge >= 0.3 is 17.3 Å². The first-order valence-corrected chi connectivity index (χ1v) is 23.8. The summed E-state index contributed by atoms with van der Waals surface area (Å²) in [5.41, 5.74) is 2.69. The predicted octanol–water partition coefficient (Wildman–Crippen LogP) is 5.86. The number of methoxy groups -OCH3 is 2. The van der Waals surface area contributed by atoms with E-state index in [0.717, 1.165) is 12.5 Å². The first-order chi connectivity index (χ1) is 30.0. The van der Waals surface area contributed by atoms with Gasteiger partial charge in [-0.2, -0.15) is 0 Å². The Labute approximate surface area is 361 Å². The Bertz CT molecular complexity index is 3190. The smallest absolute Gasteiger partial charge is 0.340 e. The number of para-hydroxylation sites is 1. The molecule has 2 N–H and O–H groups in total. The molecule has 0 saturated carbocycles. The molecule has 0 fully saturated rings. The molecule has 0 aliphatic carbocycles. The third kappa shape index (κ3) is 9.71. The van der Waals surface area contributed by atoms with Gasteiger partial charge in [0, 0.05) is 24.5 Å². The van der Waals surface area contributed by atoms with Gasteiger partial charge < -0.3 is 28.9 Å². The van der Waals surface area contributed by atoms with Gasteiger partial charge in [0.2, 0.25) is 0 Å². The first-order valence-electron chi connectivity index (χ1n) is 19.7. The van der Waals surface area contributed by atoms with E-state index in [0.29, 0.717) is 50.3 Å². The number of aromatic nitrogens is 4. The number of carbonyl (C=O) groups is 1. The molecule has 0 saturated heterocycles. The van der Waals surface area contributed by atoms with Crippen molar-refractivity contribution in [2.45, 2.75) is 25.4 Å². The van der Waals surface area contributed by atoms with E-state index in [-0.39, 0.29) is 47.8 Å². The highest BCUT2D eigenvalue weighted by atomic mass is 32.2. The van der Waals surface area contributed by atoms with E-state index in [9.17, 15) is 31.2 Å². The van der Waals surface area contributed by atoms with Crippen LogP contribution in [0.25, 0.3) is 33.2 Å². The number of hydrogen-bond acceptors (Lipinski definition) is 11. The standard InChI is InChI=1S/C45H45FN4O11S2/c1-6-60-43(51)33-8-7-9-37-42(33)48-45(53)50(37)39(26-63(5,56)57)30-14-19-40(59-3)41(24-30)61-21-20-27-10-17-32(34(46)22-27)29-13-18-36-35(23-29)47-44(52)49(36)38(25-62(4,54)55)28-11-15-31(58-2)16-12-28/h7-19,22-24,38-39H,6,20-21,25-26H2,1-5H3,(H,47,52)(H,48,53). The van der Waals surface area contributed by atoms with Crippen molar-refractivity contribution in [3.8, 4) is 28.4 Å². The Kier molecular flexibility index (Phi) is 12.7. The Balaban J connectivity index is 1.12. The number of H-pyrrole nitrogens is 2. The minimum atomic E-state index is -3.67. The van der Waals surface area contributed by atoms with E-state index in [1.54, 1.807) is 91.9 Å². The summed E-state index contributed by atoms with van der Waals surface area (Å²) in [5.74, 6) is -0.783. The highest BCUT2D eigenvalue weighted by Crippen LogP contribution is 2.34. The lowest BCUT2D eigenvalue weighted by molar-refractivity contribution is 0.0528. The van der Waals surface area contributed by atoms with Crippen molar-refractivity contribution >= 4 is 47.7 Å². The predicted molar refractivity (Wildman–Crippen MR) is 237 cm³/mol. The van der Waals surface area contributed by atoms with Crippen LogP contribution in [0.5, 0.6) is 17.2 Å². The van der Waals surface area contributed by atoms with Crippen molar-refractivity contribution in [1.29, 1.82) is 0 Å². The van der Waals surface area contributed by atoms with E-state index in [1.807, 2.05) is 0 Å². The number of fused-ring (bicyclic) bond motifs is 2. The molecular formula is C45H45FN4O11S2. The number of nitrogens with zero attached hydrogens (tertiary/aromatic N) is 2. The molecule has 63 heavy (non-hydrogen) atoms. The number of rotatable bonds is 17. The molecule has 0 spiro atoms. The second-order valence-electron chi connectivity index (χ2n) is 15.1. The Morgan fingerprint density at radius 1 is 0.730 bits per heavy atom. The van der Waals surface area contributed by atoms with Crippen LogP contribution in [-0.4, -0.2) is 93.4 Å². The summed E-state index contributed by atoms with van der Waals surface area (Å²) in [6.45, 7) is 1.84. The van der Waals surface area contributed by atoms with Crippen molar-refractivity contribution in [2.75, 3.05) is 51.5 Å². The average Bonchev–Trinajstić information content (AvgIpc) is 3.75. The molecule has 0 aliphatic rings. The number of sulfone groups is 2. The number of esters is 1. The lowest BCUT2D eigenvalue weighted by Gasteiger charge is -2.21. The van der Waals surface area contributed by atoms with Gasteiger partial charge in [-0.05, 0) is 83.8 Å². The highest BCUT2D eigenvalue weighted by molar-refractivity contribution is 7.90. The molecule has 0 amide bonds. The maximum Gasteiger partial charge on any atom is 0.340 e.